The van der Waals surface area contributed by atoms with E-state index in [1.807, 2.05) is 44.2 Å². The predicted octanol–water partition coefficient (Wildman–Crippen LogP) is 8.86. The van der Waals surface area contributed by atoms with Crippen LogP contribution >= 0.6 is 47.8 Å². The molecule has 2 heterocycles. The number of nitrogens with zero attached hydrogens (tertiary/aromatic N) is 2. The summed E-state index contributed by atoms with van der Waals surface area (Å²) in [5, 5.41) is 0.620. The van der Waals surface area contributed by atoms with E-state index in [0.717, 1.165) is 10.0 Å². The molecule has 0 radical (unpaired) electrons. The molecule has 0 spiro atoms. The number of imide groups is 1. The van der Waals surface area contributed by atoms with Crippen LogP contribution in [-0.4, -0.2) is 44.3 Å². The van der Waals surface area contributed by atoms with E-state index in [0.29, 0.717) is 71.1 Å². The molecule has 7 nitrogen and oxygen atoms in total. The SMILES string of the molecule is CCCC(OC(=O)c1cc(-c2ccc(N3C(=O)C4CC(Br)C(Br)CC4C3=O)cc2)nc2c(CC)cc(Br)cc12)C(=O)c1ccccc1. The molecule has 0 N–H and O–H groups in total. The Morgan fingerprint density at radius 2 is 1.55 bits per heavy atom. The van der Waals surface area contributed by atoms with Crippen molar-refractivity contribution in [3.8, 4) is 11.3 Å². The van der Waals surface area contributed by atoms with Gasteiger partial charge < -0.3 is 4.74 Å². The van der Waals surface area contributed by atoms with Crippen molar-refractivity contribution >= 4 is 87.9 Å². The molecular formula is C37H33Br3N2O5. The average Bonchev–Trinajstić information content (AvgIpc) is 3.31. The zero-order valence-electron chi connectivity index (χ0n) is 25.9. The van der Waals surface area contributed by atoms with E-state index in [1.54, 1.807) is 42.5 Å². The van der Waals surface area contributed by atoms with Gasteiger partial charge in [-0.2, -0.15) is 0 Å². The number of ether oxygens (including phenoxy) is 1. The van der Waals surface area contributed by atoms with Crippen molar-refractivity contribution in [2.45, 2.75) is 61.7 Å². The maximum absolute atomic E-state index is 13.9. The summed E-state index contributed by atoms with van der Waals surface area (Å²) in [6.07, 6.45) is 2.00. The fourth-order valence-electron chi connectivity index (χ4n) is 6.56. The van der Waals surface area contributed by atoms with Gasteiger partial charge in [0.1, 0.15) is 0 Å². The first-order chi connectivity index (χ1) is 22.6. The van der Waals surface area contributed by atoms with E-state index in [1.165, 1.54) is 4.90 Å². The molecule has 1 saturated carbocycles. The molecule has 3 aromatic carbocycles. The lowest BCUT2D eigenvalue weighted by Gasteiger charge is -2.29. The molecule has 47 heavy (non-hydrogen) atoms. The number of carbonyl (C=O) groups excluding carboxylic acids is 4. The number of amides is 2. The molecule has 1 aromatic heterocycles. The van der Waals surface area contributed by atoms with E-state index in [-0.39, 0.29) is 39.1 Å². The second kappa shape index (κ2) is 14.1. The fraction of sp³-hybridized carbons (Fsp3) is 0.324. The van der Waals surface area contributed by atoms with Crippen LogP contribution in [0.2, 0.25) is 0 Å². The number of pyridine rings is 1. The maximum Gasteiger partial charge on any atom is 0.339 e. The van der Waals surface area contributed by atoms with Crippen LogP contribution in [-0.2, 0) is 20.7 Å². The van der Waals surface area contributed by atoms with Gasteiger partial charge in [0.05, 0.1) is 34.3 Å². The molecule has 1 aliphatic carbocycles. The monoisotopic (exact) mass is 822 g/mol. The van der Waals surface area contributed by atoms with Crippen LogP contribution < -0.4 is 4.90 Å². The third-order valence-electron chi connectivity index (χ3n) is 9.04. The van der Waals surface area contributed by atoms with E-state index in [2.05, 4.69) is 47.8 Å². The largest absolute Gasteiger partial charge is 0.450 e. The van der Waals surface area contributed by atoms with Crippen LogP contribution in [0.5, 0.6) is 0 Å². The van der Waals surface area contributed by atoms with Gasteiger partial charge in [-0.1, -0.05) is 111 Å². The molecule has 1 aliphatic heterocycles. The topological polar surface area (TPSA) is 93.6 Å². The number of aryl methyl sites for hydroxylation is 1. The van der Waals surface area contributed by atoms with Gasteiger partial charge in [0.25, 0.3) is 0 Å². The van der Waals surface area contributed by atoms with E-state index >= 15 is 0 Å². The van der Waals surface area contributed by atoms with Crippen molar-refractivity contribution in [1.29, 1.82) is 0 Å². The number of carbonyl (C=O) groups is 4. The highest BCUT2D eigenvalue weighted by atomic mass is 79.9. The Morgan fingerprint density at radius 3 is 2.15 bits per heavy atom. The minimum atomic E-state index is -0.933. The number of hydrogen-bond donors (Lipinski definition) is 0. The van der Waals surface area contributed by atoms with Crippen LogP contribution in [0.25, 0.3) is 22.2 Å². The van der Waals surface area contributed by atoms with E-state index in [4.69, 9.17) is 9.72 Å². The first kappa shape index (κ1) is 33.7. The number of Topliss-reactive ketones (excluding diaryl/α,β-unsaturated/α-hetero) is 1. The number of ketones is 1. The molecule has 2 amide bonds. The highest BCUT2D eigenvalue weighted by Crippen LogP contribution is 2.44. The number of hydrogen-bond acceptors (Lipinski definition) is 6. The van der Waals surface area contributed by atoms with Crippen LogP contribution in [0.15, 0.2) is 77.3 Å². The highest BCUT2D eigenvalue weighted by molar-refractivity contribution is 9.12. The lowest BCUT2D eigenvalue weighted by atomic mass is 9.81. The zero-order valence-corrected chi connectivity index (χ0v) is 30.7. The molecule has 5 atom stereocenters. The molecule has 2 aliphatic rings. The number of esters is 1. The van der Waals surface area contributed by atoms with Gasteiger partial charge in [0, 0.05) is 30.6 Å². The summed E-state index contributed by atoms with van der Waals surface area (Å²) in [6.45, 7) is 3.97. The van der Waals surface area contributed by atoms with Gasteiger partial charge in [-0.15, -0.1) is 0 Å². The smallest absolute Gasteiger partial charge is 0.339 e. The Hall–Kier alpha value is -3.21. The minimum absolute atomic E-state index is 0.130. The molecule has 2 fully saturated rings. The number of halogens is 3. The first-order valence-corrected chi connectivity index (χ1v) is 18.4. The van der Waals surface area contributed by atoms with Crippen molar-refractivity contribution in [2.75, 3.05) is 4.90 Å². The van der Waals surface area contributed by atoms with Crippen LogP contribution in [0.3, 0.4) is 0 Å². The van der Waals surface area contributed by atoms with Gasteiger partial charge in [-0.3, -0.25) is 19.3 Å². The van der Waals surface area contributed by atoms with Crippen LogP contribution in [0.4, 0.5) is 5.69 Å². The van der Waals surface area contributed by atoms with Gasteiger partial charge in [0.2, 0.25) is 17.6 Å². The molecule has 0 bridgehead atoms. The van der Waals surface area contributed by atoms with Gasteiger partial charge in [-0.25, -0.2) is 9.78 Å². The number of fused-ring (bicyclic) bond motifs is 2. The second-order valence-corrected chi connectivity index (χ2v) is 15.3. The van der Waals surface area contributed by atoms with Crippen molar-refractivity contribution in [1.82, 2.24) is 4.98 Å². The number of anilines is 1. The summed E-state index contributed by atoms with van der Waals surface area (Å²) < 4.78 is 6.76. The molecule has 10 heteroatoms. The summed E-state index contributed by atoms with van der Waals surface area (Å²) >= 11 is 10.9. The maximum atomic E-state index is 13.9. The lowest BCUT2D eigenvalue weighted by Crippen LogP contribution is -2.34. The number of aromatic nitrogens is 1. The van der Waals surface area contributed by atoms with Crippen LogP contribution in [0.1, 0.15) is 65.8 Å². The van der Waals surface area contributed by atoms with Crippen LogP contribution in [0, 0.1) is 11.8 Å². The fourth-order valence-corrected chi connectivity index (χ4v) is 8.31. The molecule has 6 rings (SSSR count). The third kappa shape index (κ3) is 6.61. The standard InChI is InChI=1S/C37H33Br3N2O5/c1-3-8-32(34(43)22-9-6-5-7-10-22)47-37(46)28-19-31(41-33-20(4-2)15-23(38)16-25(28)33)21-11-13-24(14-12-21)42-35(44)26-17-29(39)30(40)18-27(26)36(42)45/h5-7,9-16,19,26-27,29-30,32H,3-4,8,17-18H2,1-2H3. The van der Waals surface area contributed by atoms with Crippen molar-refractivity contribution < 1.29 is 23.9 Å². The lowest BCUT2D eigenvalue weighted by molar-refractivity contribution is -0.122. The molecule has 242 valence electrons. The molecular weight excluding hydrogens is 792 g/mol. The summed E-state index contributed by atoms with van der Waals surface area (Å²) in [5.74, 6) is -1.87. The Balaban J connectivity index is 1.35. The Kier molecular flexibility index (Phi) is 10.1. The minimum Gasteiger partial charge on any atom is -0.450 e. The number of alkyl halides is 2. The quantitative estimate of drug-likeness (QED) is 0.0725. The normalized spacial score (nSPS) is 21.5. The van der Waals surface area contributed by atoms with Gasteiger partial charge >= 0.3 is 5.97 Å². The number of benzene rings is 3. The highest BCUT2D eigenvalue weighted by Gasteiger charge is 2.52. The molecule has 5 unspecified atom stereocenters. The summed E-state index contributed by atoms with van der Waals surface area (Å²) in [5.41, 5.74) is 4.14. The summed E-state index contributed by atoms with van der Waals surface area (Å²) in [7, 11) is 0. The van der Waals surface area contributed by atoms with E-state index in [9.17, 15) is 19.2 Å². The molecule has 4 aromatic rings. The zero-order chi connectivity index (χ0) is 33.4. The summed E-state index contributed by atoms with van der Waals surface area (Å²) in [4.78, 5) is 60.6. The third-order valence-corrected chi connectivity index (χ3v) is 12.2. The summed E-state index contributed by atoms with van der Waals surface area (Å²) in [6, 6.07) is 21.5. The Labute approximate surface area is 298 Å². The average molecular weight is 825 g/mol. The second-order valence-electron chi connectivity index (χ2n) is 12.1. The predicted molar refractivity (Wildman–Crippen MR) is 193 cm³/mol. The Bertz CT molecular complexity index is 1840. The first-order valence-electron chi connectivity index (χ1n) is 15.8. The van der Waals surface area contributed by atoms with Crippen molar-refractivity contribution in [2.24, 2.45) is 11.8 Å². The molecule has 1 saturated heterocycles. The Morgan fingerprint density at radius 1 is 0.915 bits per heavy atom. The van der Waals surface area contributed by atoms with Crippen molar-refractivity contribution in [3.63, 3.8) is 0 Å². The van der Waals surface area contributed by atoms with E-state index < -0.39 is 12.1 Å². The van der Waals surface area contributed by atoms with Gasteiger partial charge in [0.15, 0.2) is 6.10 Å². The van der Waals surface area contributed by atoms with Gasteiger partial charge in [-0.05, 0) is 61.6 Å². The van der Waals surface area contributed by atoms with Crippen molar-refractivity contribution in [3.05, 3.63) is 94.0 Å². The number of rotatable bonds is 9.